The van der Waals surface area contributed by atoms with Crippen molar-refractivity contribution in [1.82, 2.24) is 0 Å². The largest absolute Gasteiger partial charge is 0.503 e. The quantitative estimate of drug-likeness (QED) is 0.198. The maximum absolute atomic E-state index is 14.2. The number of ether oxygens (including phenoxy) is 1. The smallest absolute Gasteiger partial charge is 0.416 e. The Balaban J connectivity index is 1.52. The number of ketones is 2. The molecule has 6 atom stereocenters. The fourth-order valence-corrected chi connectivity index (χ4v) is 8.66. The highest BCUT2D eigenvalue weighted by Crippen LogP contribution is 2.63. The van der Waals surface area contributed by atoms with Crippen LogP contribution < -0.4 is 9.64 Å². The van der Waals surface area contributed by atoms with Crippen LogP contribution in [-0.2, 0) is 31.5 Å². The minimum Gasteiger partial charge on any atom is -0.503 e. The Bertz CT molecular complexity index is 1850. The van der Waals surface area contributed by atoms with Gasteiger partial charge in [-0.15, -0.1) is 0 Å². The number of fused-ring (bicyclic) bond motifs is 4. The Labute approximate surface area is 278 Å². The molecule has 2 fully saturated rings. The summed E-state index contributed by atoms with van der Waals surface area (Å²) in [5.74, 6) is -7.86. The number of carbonyl (C=O) groups excluding carboxylic acids is 4. The van der Waals surface area contributed by atoms with Gasteiger partial charge in [0.2, 0.25) is 11.8 Å². The molecule has 1 saturated heterocycles. The Hall–Kier alpha value is -3.94. The highest BCUT2D eigenvalue weighted by molar-refractivity contribution is 9.10. The molecular formula is C34H28BrF6NO6. The second kappa shape index (κ2) is 11.0. The van der Waals surface area contributed by atoms with Gasteiger partial charge < -0.3 is 9.84 Å². The third-order valence-electron chi connectivity index (χ3n) is 10.6. The van der Waals surface area contributed by atoms with E-state index in [1.54, 1.807) is 26.0 Å². The lowest BCUT2D eigenvalue weighted by Gasteiger charge is -2.54. The van der Waals surface area contributed by atoms with Gasteiger partial charge in [0.25, 0.3) is 0 Å². The molecule has 14 heteroatoms. The van der Waals surface area contributed by atoms with Crippen molar-refractivity contribution in [3.05, 3.63) is 74.3 Å². The lowest BCUT2D eigenvalue weighted by Crippen LogP contribution is -2.55. The van der Waals surface area contributed by atoms with Crippen molar-refractivity contribution in [3.63, 3.8) is 0 Å². The summed E-state index contributed by atoms with van der Waals surface area (Å²) in [6, 6.07) is 3.68. The molecule has 0 unspecified atom stereocenters. The molecule has 254 valence electrons. The van der Waals surface area contributed by atoms with Crippen LogP contribution in [0.2, 0.25) is 0 Å². The summed E-state index contributed by atoms with van der Waals surface area (Å²) in [6.07, 6.45) is -8.88. The predicted molar refractivity (Wildman–Crippen MR) is 162 cm³/mol. The molecule has 7 nitrogen and oxygen atoms in total. The van der Waals surface area contributed by atoms with Crippen LogP contribution in [0.5, 0.6) is 11.5 Å². The zero-order valence-electron chi connectivity index (χ0n) is 25.8. The van der Waals surface area contributed by atoms with Crippen LogP contribution in [0.25, 0.3) is 0 Å². The number of amides is 2. The standard InChI is InChI=1S/C34H28BrF6NO6/c1-13-14(2)29(45)32(3)22(27(13)43)12-21-19(26(32)15-7-23(35)28(44)24(8-15)48-4)5-6-20-25(21)31(47)42(30(20)46)18-10-16(33(36,37)38)9-17(11-18)34(39,40)41/h5,7-11,20-22,25-26,44H,6,12H2,1-4H3/t20-,21+,22-,25-,26-,32+/m0/s1. The number of aromatic hydroxyl groups is 1. The zero-order chi connectivity index (χ0) is 35.4. The molecule has 3 aliphatic carbocycles. The van der Waals surface area contributed by atoms with Gasteiger partial charge >= 0.3 is 12.4 Å². The number of hydrogen-bond acceptors (Lipinski definition) is 6. The van der Waals surface area contributed by atoms with Crippen LogP contribution in [0.1, 0.15) is 56.2 Å². The summed E-state index contributed by atoms with van der Waals surface area (Å²) in [4.78, 5) is 56.4. The summed E-state index contributed by atoms with van der Waals surface area (Å²) < 4.78 is 87.8. The molecule has 1 aliphatic heterocycles. The number of phenolic OH excluding ortho intramolecular Hbond substituents is 1. The van der Waals surface area contributed by atoms with Crippen molar-refractivity contribution in [3.8, 4) is 11.5 Å². The van der Waals surface area contributed by atoms with E-state index < -0.39 is 76.0 Å². The van der Waals surface area contributed by atoms with Crippen molar-refractivity contribution < 1.29 is 55.4 Å². The zero-order valence-corrected chi connectivity index (χ0v) is 27.4. The predicted octanol–water partition coefficient (Wildman–Crippen LogP) is 7.55. The molecule has 4 aliphatic rings. The van der Waals surface area contributed by atoms with E-state index in [0.29, 0.717) is 28.2 Å². The first-order chi connectivity index (χ1) is 22.2. The number of methoxy groups -OCH3 is 1. The first kappa shape index (κ1) is 33.9. The van der Waals surface area contributed by atoms with Crippen LogP contribution in [0.15, 0.2) is 57.6 Å². The van der Waals surface area contributed by atoms with Crippen LogP contribution >= 0.6 is 15.9 Å². The average molecular weight is 740 g/mol. The van der Waals surface area contributed by atoms with Crippen LogP contribution in [0.3, 0.4) is 0 Å². The second-order valence-corrected chi connectivity index (χ2v) is 13.8. The number of rotatable bonds is 3. The highest BCUT2D eigenvalue weighted by atomic mass is 79.9. The number of phenols is 1. The first-order valence-corrected chi connectivity index (χ1v) is 15.7. The topological polar surface area (TPSA) is 101 Å². The van der Waals surface area contributed by atoms with Gasteiger partial charge in [-0.1, -0.05) is 18.6 Å². The molecule has 1 saturated carbocycles. The van der Waals surface area contributed by atoms with E-state index in [4.69, 9.17) is 4.74 Å². The fraction of sp³-hybridized carbons (Fsp3) is 0.412. The number of anilines is 1. The first-order valence-electron chi connectivity index (χ1n) is 14.9. The van der Waals surface area contributed by atoms with Crippen LogP contribution in [0.4, 0.5) is 32.0 Å². The van der Waals surface area contributed by atoms with Crippen LogP contribution in [0, 0.1) is 29.1 Å². The number of halogens is 7. The number of hydrogen-bond donors (Lipinski definition) is 1. The van der Waals surface area contributed by atoms with E-state index >= 15 is 0 Å². The van der Waals surface area contributed by atoms with Gasteiger partial charge in [-0.05, 0) is 95.6 Å². The average Bonchev–Trinajstić information content (AvgIpc) is 3.27. The molecule has 6 rings (SSSR count). The van der Waals surface area contributed by atoms with E-state index in [9.17, 15) is 50.6 Å². The molecule has 48 heavy (non-hydrogen) atoms. The molecule has 0 bridgehead atoms. The summed E-state index contributed by atoms with van der Waals surface area (Å²) in [7, 11) is 1.32. The maximum Gasteiger partial charge on any atom is 0.416 e. The monoisotopic (exact) mass is 739 g/mol. The van der Waals surface area contributed by atoms with Gasteiger partial charge in [-0.3, -0.25) is 19.2 Å². The Morgan fingerprint density at radius 3 is 2.06 bits per heavy atom. The molecular weight excluding hydrogens is 712 g/mol. The van der Waals surface area contributed by atoms with Crippen molar-refractivity contribution in [2.45, 2.75) is 51.9 Å². The van der Waals surface area contributed by atoms with E-state index in [1.807, 2.05) is 0 Å². The molecule has 2 amide bonds. The lowest BCUT2D eigenvalue weighted by molar-refractivity contribution is -0.143. The van der Waals surface area contributed by atoms with Gasteiger partial charge in [0.15, 0.2) is 23.1 Å². The summed E-state index contributed by atoms with van der Waals surface area (Å²) in [5, 5.41) is 10.5. The van der Waals surface area contributed by atoms with Crippen LogP contribution in [-0.4, -0.2) is 35.6 Å². The summed E-state index contributed by atoms with van der Waals surface area (Å²) >= 11 is 3.31. The molecule has 0 aromatic heterocycles. The summed E-state index contributed by atoms with van der Waals surface area (Å²) in [5.41, 5.74) is -4.10. The van der Waals surface area contributed by atoms with E-state index in [-0.39, 0.29) is 57.6 Å². The van der Waals surface area contributed by atoms with E-state index in [2.05, 4.69) is 15.9 Å². The van der Waals surface area contributed by atoms with Gasteiger partial charge in [-0.25, -0.2) is 4.90 Å². The lowest BCUT2D eigenvalue weighted by atomic mass is 9.46. The number of imide groups is 1. The van der Waals surface area contributed by atoms with Crippen molar-refractivity contribution in [2.75, 3.05) is 12.0 Å². The minimum absolute atomic E-state index is 0.0530. The molecule has 0 spiro atoms. The Morgan fingerprint density at radius 1 is 0.896 bits per heavy atom. The fourth-order valence-electron chi connectivity index (χ4n) is 8.20. The number of benzene rings is 2. The number of allylic oxidation sites excluding steroid dienone is 4. The molecule has 2 aromatic carbocycles. The SMILES string of the molecule is COc1cc([C@H]2C3=CC[C@@H]4C(=O)N(c5cc(C(F)(F)F)cc(C(F)(F)F)c5)C(=O)[C@@H]4[C@@H]3C[C@H]3C(=O)C(C)=C(C)C(=O)[C@@]23C)cc(Br)c1O. The van der Waals surface area contributed by atoms with Gasteiger partial charge in [0, 0.05) is 11.8 Å². The molecule has 1 N–H and O–H groups in total. The molecule has 2 aromatic rings. The normalized spacial score (nSPS) is 29.1. The Morgan fingerprint density at radius 2 is 1.50 bits per heavy atom. The van der Waals surface area contributed by atoms with Gasteiger partial charge in [0.1, 0.15) is 0 Å². The Kier molecular flexibility index (Phi) is 7.81. The van der Waals surface area contributed by atoms with Crippen molar-refractivity contribution in [2.24, 2.45) is 29.1 Å². The molecule has 1 heterocycles. The minimum atomic E-state index is -5.21. The number of carbonyl (C=O) groups is 4. The van der Waals surface area contributed by atoms with E-state index in [1.165, 1.54) is 20.1 Å². The van der Waals surface area contributed by atoms with Gasteiger partial charge in [0.05, 0.1) is 45.6 Å². The van der Waals surface area contributed by atoms with Gasteiger partial charge in [-0.2, -0.15) is 26.3 Å². The van der Waals surface area contributed by atoms with Crippen molar-refractivity contribution in [1.29, 1.82) is 0 Å². The summed E-state index contributed by atoms with van der Waals surface area (Å²) in [6.45, 7) is 4.74. The highest BCUT2D eigenvalue weighted by Gasteiger charge is 2.64. The second-order valence-electron chi connectivity index (χ2n) is 13.0. The third-order valence-corrected chi connectivity index (χ3v) is 11.2. The molecule has 0 radical (unpaired) electrons. The number of Topliss-reactive ketones (excluding diaryl/α,β-unsaturated/α-hetero) is 2. The van der Waals surface area contributed by atoms with Crippen molar-refractivity contribution >= 4 is 45.0 Å². The maximum atomic E-state index is 14.2. The van der Waals surface area contributed by atoms with E-state index in [0.717, 1.165) is 0 Å². The number of nitrogens with zero attached hydrogens (tertiary/aromatic N) is 1. The third kappa shape index (κ3) is 4.84. The number of alkyl halides is 6.